The number of thioether (sulfide) groups is 1. The van der Waals surface area contributed by atoms with E-state index in [2.05, 4.69) is 10.2 Å². The minimum atomic E-state index is -4.82. The summed E-state index contributed by atoms with van der Waals surface area (Å²) in [5.74, 6) is -2.42. The van der Waals surface area contributed by atoms with Gasteiger partial charge in [0.25, 0.3) is 5.82 Å². The molecule has 10 heteroatoms. The van der Waals surface area contributed by atoms with Crippen LogP contribution in [0.1, 0.15) is 36.4 Å². The molecule has 27 heavy (non-hydrogen) atoms. The Balaban J connectivity index is 2.33. The van der Waals surface area contributed by atoms with Crippen molar-refractivity contribution >= 4 is 29.1 Å². The molecule has 0 N–H and O–H groups in total. The number of carbonyl (C=O) groups excluding carboxylic acids is 2. The Kier molecular flexibility index (Phi) is 4.62. The van der Waals surface area contributed by atoms with Gasteiger partial charge in [-0.1, -0.05) is 12.1 Å². The Morgan fingerprint density at radius 3 is 2.26 bits per heavy atom. The van der Waals surface area contributed by atoms with Gasteiger partial charge < -0.3 is 0 Å². The van der Waals surface area contributed by atoms with E-state index < -0.39 is 17.9 Å². The molecule has 1 amide bonds. The second-order valence-corrected chi connectivity index (χ2v) is 7.06. The number of amides is 1. The molecule has 2 aromatic rings. The molecule has 0 radical (unpaired) electrons. The van der Waals surface area contributed by atoms with E-state index in [9.17, 15) is 22.8 Å². The van der Waals surface area contributed by atoms with Crippen LogP contribution in [0.4, 0.5) is 13.2 Å². The van der Waals surface area contributed by atoms with Gasteiger partial charge in [-0.25, -0.2) is 5.01 Å². The molecule has 0 saturated carbocycles. The number of allylic oxidation sites excluding steroid dienone is 1. The third kappa shape index (κ3) is 3.25. The summed E-state index contributed by atoms with van der Waals surface area (Å²) in [7, 11) is 0. The summed E-state index contributed by atoms with van der Waals surface area (Å²) in [5, 5.41) is 7.33. The van der Waals surface area contributed by atoms with Crippen LogP contribution in [0.3, 0.4) is 0 Å². The van der Waals surface area contributed by atoms with Crippen LogP contribution in [-0.2, 0) is 15.8 Å². The van der Waals surface area contributed by atoms with Gasteiger partial charge in [0.05, 0.1) is 10.6 Å². The first-order chi connectivity index (χ1) is 12.5. The molecule has 2 heterocycles. The number of nitrogens with zero attached hydrogens (tertiary/aromatic N) is 4. The van der Waals surface area contributed by atoms with Crippen LogP contribution in [0.15, 0.2) is 28.3 Å². The number of Topliss-reactive ketones (excluding diaryl/α,β-unsaturated/α-hetero) is 1. The minimum Gasteiger partial charge on any atom is -0.294 e. The lowest BCUT2D eigenvalue weighted by atomic mass is 10.0. The highest BCUT2D eigenvalue weighted by molar-refractivity contribution is 8.04. The molecule has 1 aromatic carbocycles. The molecular weight excluding hydrogens is 381 g/mol. The summed E-state index contributed by atoms with van der Waals surface area (Å²) >= 11 is 0.762. The predicted molar refractivity (Wildman–Crippen MR) is 93.3 cm³/mol. The minimum absolute atomic E-state index is 0.0842. The van der Waals surface area contributed by atoms with Gasteiger partial charge in [0.2, 0.25) is 11.1 Å². The van der Waals surface area contributed by atoms with Crippen molar-refractivity contribution < 1.29 is 22.8 Å². The maximum absolute atomic E-state index is 13.4. The van der Waals surface area contributed by atoms with Crippen LogP contribution in [0.5, 0.6) is 0 Å². The van der Waals surface area contributed by atoms with E-state index in [1.165, 1.54) is 6.92 Å². The van der Waals surface area contributed by atoms with Crippen LogP contribution < -0.4 is 5.01 Å². The van der Waals surface area contributed by atoms with Crippen LogP contribution in [0.2, 0.25) is 0 Å². The molecule has 0 unspecified atom stereocenters. The largest absolute Gasteiger partial charge is 0.453 e. The first-order valence-electron chi connectivity index (χ1n) is 7.86. The van der Waals surface area contributed by atoms with Crippen LogP contribution in [0.25, 0.3) is 5.70 Å². The van der Waals surface area contributed by atoms with Crippen molar-refractivity contribution in [1.29, 1.82) is 0 Å². The zero-order valence-electron chi connectivity index (χ0n) is 14.9. The van der Waals surface area contributed by atoms with Gasteiger partial charge >= 0.3 is 6.18 Å². The van der Waals surface area contributed by atoms with E-state index >= 15 is 0 Å². The van der Waals surface area contributed by atoms with E-state index in [1.807, 2.05) is 13.8 Å². The van der Waals surface area contributed by atoms with E-state index in [0.717, 1.165) is 34.8 Å². The predicted octanol–water partition coefficient (Wildman–Crippen LogP) is 3.46. The zero-order valence-corrected chi connectivity index (χ0v) is 15.7. The van der Waals surface area contributed by atoms with Gasteiger partial charge in [-0.15, -0.1) is 10.2 Å². The summed E-state index contributed by atoms with van der Waals surface area (Å²) in [5.41, 5.74) is 2.39. The number of rotatable bonds is 2. The van der Waals surface area contributed by atoms with E-state index in [4.69, 9.17) is 0 Å². The van der Waals surface area contributed by atoms with Gasteiger partial charge in [-0.2, -0.15) is 17.8 Å². The number of carbonyl (C=O) groups is 2. The number of hydrogen-bond acceptors (Lipinski definition) is 5. The number of aryl methyl sites for hydroxylation is 2. The van der Waals surface area contributed by atoms with Crippen LogP contribution in [-0.4, -0.2) is 26.6 Å². The second kappa shape index (κ2) is 6.52. The molecule has 6 nitrogen and oxygen atoms in total. The van der Waals surface area contributed by atoms with Gasteiger partial charge in [0.15, 0.2) is 5.78 Å². The van der Waals surface area contributed by atoms with E-state index in [1.54, 1.807) is 18.2 Å². The molecule has 0 bridgehead atoms. The Morgan fingerprint density at radius 1 is 1.07 bits per heavy atom. The average Bonchev–Trinajstić information content (AvgIpc) is 2.99. The van der Waals surface area contributed by atoms with Crippen molar-refractivity contribution in [3.63, 3.8) is 0 Å². The summed E-state index contributed by atoms with van der Waals surface area (Å²) in [6.07, 6.45) is -4.82. The van der Waals surface area contributed by atoms with Crippen molar-refractivity contribution in [1.82, 2.24) is 14.9 Å². The van der Waals surface area contributed by atoms with Crippen molar-refractivity contribution in [2.75, 3.05) is 5.01 Å². The van der Waals surface area contributed by atoms with E-state index in [-0.39, 0.29) is 21.5 Å². The first-order valence-corrected chi connectivity index (χ1v) is 8.68. The van der Waals surface area contributed by atoms with Crippen molar-refractivity contribution in [2.24, 2.45) is 0 Å². The highest BCUT2D eigenvalue weighted by atomic mass is 32.2. The molecule has 0 fully saturated rings. The maximum Gasteiger partial charge on any atom is 0.453 e. The fourth-order valence-corrected chi connectivity index (χ4v) is 3.66. The third-order valence-electron chi connectivity index (χ3n) is 4.08. The summed E-state index contributed by atoms with van der Waals surface area (Å²) in [6.45, 7) is 6.14. The van der Waals surface area contributed by atoms with Gasteiger partial charge in [0.1, 0.15) is 0 Å². The number of ketones is 1. The lowest BCUT2D eigenvalue weighted by Gasteiger charge is -2.32. The smallest absolute Gasteiger partial charge is 0.294 e. The summed E-state index contributed by atoms with van der Waals surface area (Å²) < 4.78 is 40.8. The van der Waals surface area contributed by atoms with Crippen molar-refractivity contribution in [3.8, 4) is 0 Å². The average molecular weight is 396 g/mol. The molecule has 3 rings (SSSR count). The number of benzene rings is 1. The first kappa shape index (κ1) is 19.2. The number of alkyl halides is 3. The molecule has 0 aliphatic carbocycles. The Hall–Kier alpha value is -2.62. The Labute approximate surface area is 157 Å². The molecular formula is C17H15F3N4O2S. The molecule has 1 aromatic heterocycles. The quantitative estimate of drug-likeness (QED) is 0.778. The number of aromatic nitrogens is 3. The molecule has 0 spiro atoms. The molecule has 1 aliphatic heterocycles. The fourth-order valence-electron chi connectivity index (χ4n) is 2.70. The number of halogens is 3. The molecule has 0 atom stereocenters. The highest BCUT2D eigenvalue weighted by Gasteiger charge is 2.44. The summed E-state index contributed by atoms with van der Waals surface area (Å²) in [6, 6.07) is 5.18. The normalized spacial score (nSPS) is 14.4. The molecule has 0 saturated heterocycles. The highest BCUT2D eigenvalue weighted by Crippen LogP contribution is 2.42. The number of fused-ring (bicyclic) bond motifs is 1. The topological polar surface area (TPSA) is 68.1 Å². The van der Waals surface area contributed by atoms with Crippen molar-refractivity contribution in [3.05, 3.63) is 45.6 Å². The zero-order chi connectivity index (χ0) is 20.1. The monoisotopic (exact) mass is 396 g/mol. The van der Waals surface area contributed by atoms with Crippen LogP contribution in [0, 0.1) is 13.8 Å². The van der Waals surface area contributed by atoms with Gasteiger partial charge in [-0.3, -0.25) is 9.59 Å². The Bertz CT molecular complexity index is 995. The summed E-state index contributed by atoms with van der Waals surface area (Å²) in [4.78, 5) is 24.7. The van der Waals surface area contributed by atoms with Gasteiger partial charge in [0, 0.05) is 12.5 Å². The van der Waals surface area contributed by atoms with Gasteiger partial charge in [-0.05, 0) is 49.7 Å². The number of hydrogen-bond donors (Lipinski definition) is 0. The Morgan fingerprint density at radius 2 is 1.74 bits per heavy atom. The maximum atomic E-state index is 13.4. The second-order valence-electron chi connectivity index (χ2n) is 6.08. The fraction of sp³-hybridized carbons (Fsp3) is 0.294. The molecule has 142 valence electrons. The van der Waals surface area contributed by atoms with Crippen molar-refractivity contribution in [2.45, 2.75) is 39.0 Å². The third-order valence-corrected chi connectivity index (χ3v) is 5.21. The standard InChI is InChI=1S/C17H15F3N4O2S/c1-8-5-6-12(7-9(8)2)13-14(10(3)25)27-16-22-21-15(17(18,19)20)24(16)23(13)11(4)26/h5-7H,1-4H3. The van der Waals surface area contributed by atoms with Crippen LogP contribution >= 0.6 is 11.8 Å². The lowest BCUT2D eigenvalue weighted by Crippen LogP contribution is -2.43. The SMILES string of the molecule is CC(=O)C1=C(c2ccc(C)c(C)c2)N(C(C)=O)n2c(nnc2C(F)(F)F)S1. The van der Waals surface area contributed by atoms with E-state index in [0.29, 0.717) is 10.2 Å². The molecule has 1 aliphatic rings. The lowest BCUT2D eigenvalue weighted by molar-refractivity contribution is -0.148.